The maximum Gasteiger partial charge on any atom is 0.214 e. The van der Waals surface area contributed by atoms with Crippen LogP contribution in [0.5, 0.6) is 0 Å². The molecule has 112 valence electrons. The summed E-state index contributed by atoms with van der Waals surface area (Å²) in [6.45, 7) is 1.21. The van der Waals surface area contributed by atoms with E-state index in [1.807, 2.05) is 24.3 Å². The molecule has 1 N–H and O–H groups in total. The second-order valence-corrected chi connectivity index (χ2v) is 8.39. The maximum atomic E-state index is 12.2. The summed E-state index contributed by atoms with van der Waals surface area (Å²) in [5, 5.41) is 3.34. The van der Waals surface area contributed by atoms with Crippen molar-refractivity contribution >= 4 is 26.0 Å². The molecule has 6 heteroatoms. The lowest BCUT2D eigenvalue weighted by atomic mass is 10.2. The number of nitrogens with one attached hydrogen (secondary N) is 1. The zero-order chi connectivity index (χ0) is 14.6. The van der Waals surface area contributed by atoms with Gasteiger partial charge in [0.1, 0.15) is 0 Å². The van der Waals surface area contributed by atoms with Gasteiger partial charge in [-0.2, -0.15) is 0 Å². The minimum atomic E-state index is -3.16. The standard InChI is InChI=1S/C14H21BrN2O2S/c1-17(11-12-3-5-13(15)6-4-12)20(18,19)10-2-9-16-14-7-8-14/h3-6,14,16H,2,7-11H2,1H3. The Morgan fingerprint density at radius 2 is 1.95 bits per heavy atom. The number of hydrogen-bond donors (Lipinski definition) is 1. The molecule has 1 aliphatic rings. The van der Waals surface area contributed by atoms with E-state index in [1.54, 1.807) is 7.05 Å². The molecule has 1 fully saturated rings. The van der Waals surface area contributed by atoms with Crippen LogP contribution in [0, 0.1) is 0 Å². The highest BCUT2D eigenvalue weighted by Gasteiger charge is 2.21. The second-order valence-electron chi connectivity index (χ2n) is 5.28. The van der Waals surface area contributed by atoms with Gasteiger partial charge in [0.05, 0.1) is 5.75 Å². The average Bonchev–Trinajstić information content (AvgIpc) is 3.21. The molecule has 1 saturated carbocycles. The van der Waals surface area contributed by atoms with Gasteiger partial charge in [-0.1, -0.05) is 28.1 Å². The average molecular weight is 361 g/mol. The van der Waals surface area contributed by atoms with Crippen molar-refractivity contribution in [2.24, 2.45) is 0 Å². The second kappa shape index (κ2) is 7.02. The van der Waals surface area contributed by atoms with Crippen LogP contribution < -0.4 is 5.32 Å². The predicted molar refractivity (Wildman–Crippen MR) is 85.0 cm³/mol. The van der Waals surface area contributed by atoms with Crippen LogP contribution in [0.15, 0.2) is 28.7 Å². The molecule has 20 heavy (non-hydrogen) atoms. The summed E-state index contributed by atoms with van der Waals surface area (Å²) in [5.41, 5.74) is 0.996. The molecule has 0 amide bonds. The van der Waals surface area contributed by atoms with E-state index in [0.717, 1.165) is 16.6 Å². The van der Waals surface area contributed by atoms with E-state index in [2.05, 4.69) is 21.2 Å². The molecule has 0 atom stereocenters. The van der Waals surface area contributed by atoms with E-state index in [4.69, 9.17) is 0 Å². The molecule has 0 radical (unpaired) electrons. The lowest BCUT2D eigenvalue weighted by Crippen LogP contribution is -2.30. The highest BCUT2D eigenvalue weighted by molar-refractivity contribution is 9.10. The van der Waals surface area contributed by atoms with Gasteiger partial charge in [-0.3, -0.25) is 0 Å². The van der Waals surface area contributed by atoms with E-state index < -0.39 is 10.0 Å². The molecular weight excluding hydrogens is 340 g/mol. The molecule has 0 aliphatic heterocycles. The minimum Gasteiger partial charge on any atom is -0.314 e. The van der Waals surface area contributed by atoms with E-state index in [0.29, 0.717) is 19.0 Å². The summed E-state index contributed by atoms with van der Waals surface area (Å²) in [6.07, 6.45) is 3.13. The number of nitrogens with zero attached hydrogens (tertiary/aromatic N) is 1. The van der Waals surface area contributed by atoms with Gasteiger partial charge >= 0.3 is 0 Å². The van der Waals surface area contributed by atoms with Crippen molar-refractivity contribution < 1.29 is 8.42 Å². The fourth-order valence-electron chi connectivity index (χ4n) is 1.95. The van der Waals surface area contributed by atoms with Gasteiger partial charge in [-0.05, 0) is 43.5 Å². The zero-order valence-electron chi connectivity index (χ0n) is 11.7. The normalized spacial score (nSPS) is 15.8. The molecule has 0 saturated heterocycles. The van der Waals surface area contributed by atoms with Crippen molar-refractivity contribution in [3.05, 3.63) is 34.3 Å². The number of sulfonamides is 1. The topological polar surface area (TPSA) is 49.4 Å². The van der Waals surface area contributed by atoms with E-state index in [1.165, 1.54) is 17.1 Å². The first-order valence-electron chi connectivity index (χ1n) is 6.89. The van der Waals surface area contributed by atoms with Crippen molar-refractivity contribution in [2.45, 2.75) is 31.8 Å². The molecule has 4 nitrogen and oxygen atoms in total. The predicted octanol–water partition coefficient (Wildman–Crippen LogP) is 2.35. The third-order valence-corrected chi connectivity index (χ3v) is 5.79. The van der Waals surface area contributed by atoms with Crippen molar-refractivity contribution in [3.8, 4) is 0 Å². The Hall–Kier alpha value is -0.430. The highest BCUT2D eigenvalue weighted by atomic mass is 79.9. The molecule has 0 bridgehead atoms. The Kier molecular flexibility index (Phi) is 5.60. The molecule has 1 aromatic carbocycles. The fraction of sp³-hybridized carbons (Fsp3) is 0.571. The highest BCUT2D eigenvalue weighted by Crippen LogP contribution is 2.18. The number of hydrogen-bond acceptors (Lipinski definition) is 3. The Bertz CT molecular complexity index is 527. The summed E-state index contributed by atoms with van der Waals surface area (Å²) in [6, 6.07) is 8.36. The van der Waals surface area contributed by atoms with E-state index in [9.17, 15) is 8.42 Å². The summed E-state index contributed by atoms with van der Waals surface area (Å²) in [4.78, 5) is 0. The summed E-state index contributed by atoms with van der Waals surface area (Å²) >= 11 is 3.37. The first-order chi connectivity index (χ1) is 9.47. The van der Waals surface area contributed by atoms with Crippen molar-refractivity contribution in [1.29, 1.82) is 0 Å². The summed E-state index contributed by atoms with van der Waals surface area (Å²) in [7, 11) is -1.52. The maximum absolute atomic E-state index is 12.2. The van der Waals surface area contributed by atoms with E-state index >= 15 is 0 Å². The Morgan fingerprint density at radius 1 is 1.30 bits per heavy atom. The van der Waals surface area contributed by atoms with Crippen LogP contribution in [0.2, 0.25) is 0 Å². The fourth-order valence-corrected chi connectivity index (χ4v) is 3.38. The molecule has 0 spiro atoms. The van der Waals surface area contributed by atoms with Crippen LogP contribution >= 0.6 is 15.9 Å². The van der Waals surface area contributed by atoms with Crippen LogP contribution in [0.25, 0.3) is 0 Å². The molecule has 0 aromatic heterocycles. The number of benzene rings is 1. The van der Waals surface area contributed by atoms with Crippen molar-refractivity contribution in [2.75, 3.05) is 19.3 Å². The summed E-state index contributed by atoms with van der Waals surface area (Å²) in [5.74, 6) is 0.208. The third-order valence-electron chi connectivity index (χ3n) is 3.38. The largest absolute Gasteiger partial charge is 0.314 e. The zero-order valence-corrected chi connectivity index (χ0v) is 14.1. The Labute approximate surface area is 129 Å². The lowest BCUT2D eigenvalue weighted by molar-refractivity contribution is 0.464. The molecular formula is C14H21BrN2O2S. The van der Waals surface area contributed by atoms with Gasteiger partial charge in [0.15, 0.2) is 0 Å². The third kappa shape index (κ3) is 5.16. The first kappa shape index (κ1) is 15.9. The molecule has 1 aliphatic carbocycles. The van der Waals surface area contributed by atoms with Crippen LogP contribution in [0.3, 0.4) is 0 Å². The van der Waals surface area contributed by atoms with Gasteiger partial charge in [-0.15, -0.1) is 0 Å². The Balaban J connectivity index is 1.79. The lowest BCUT2D eigenvalue weighted by Gasteiger charge is -2.17. The van der Waals surface area contributed by atoms with Gasteiger partial charge in [0.2, 0.25) is 10.0 Å². The van der Waals surface area contributed by atoms with E-state index in [-0.39, 0.29) is 5.75 Å². The smallest absolute Gasteiger partial charge is 0.214 e. The molecule has 1 aromatic rings. The van der Waals surface area contributed by atoms with Crippen molar-refractivity contribution in [1.82, 2.24) is 9.62 Å². The molecule has 0 heterocycles. The Morgan fingerprint density at radius 3 is 2.55 bits per heavy atom. The van der Waals surface area contributed by atoms with Crippen LogP contribution in [0.4, 0.5) is 0 Å². The van der Waals surface area contributed by atoms with Gasteiger partial charge in [0.25, 0.3) is 0 Å². The van der Waals surface area contributed by atoms with Crippen LogP contribution in [0.1, 0.15) is 24.8 Å². The van der Waals surface area contributed by atoms with Crippen LogP contribution in [-0.4, -0.2) is 38.1 Å². The van der Waals surface area contributed by atoms with Gasteiger partial charge in [-0.25, -0.2) is 12.7 Å². The SMILES string of the molecule is CN(Cc1ccc(Br)cc1)S(=O)(=O)CCCNC1CC1. The molecule has 2 rings (SSSR count). The van der Waals surface area contributed by atoms with Crippen molar-refractivity contribution in [3.63, 3.8) is 0 Å². The first-order valence-corrected chi connectivity index (χ1v) is 9.29. The number of rotatable bonds is 8. The molecule has 0 unspecified atom stereocenters. The van der Waals surface area contributed by atoms with Gasteiger partial charge in [0, 0.05) is 24.1 Å². The van der Waals surface area contributed by atoms with Crippen LogP contribution in [-0.2, 0) is 16.6 Å². The monoisotopic (exact) mass is 360 g/mol. The summed E-state index contributed by atoms with van der Waals surface area (Å²) < 4.78 is 26.7. The number of halogens is 1. The quantitative estimate of drug-likeness (QED) is 0.724. The minimum absolute atomic E-state index is 0.208. The van der Waals surface area contributed by atoms with Gasteiger partial charge < -0.3 is 5.32 Å².